The number of carbonyl (C=O) groups is 1. The summed E-state index contributed by atoms with van der Waals surface area (Å²) >= 11 is 0. The molecule has 7 nitrogen and oxygen atoms in total. The number of aliphatic hydroxyl groups is 2. The Morgan fingerprint density at radius 1 is 1.13 bits per heavy atom. The standard InChI is InChI=1S/C31H53NO6.Ac/c1-15-12-23-31(35,14-37-23)27-19(5)29(10)13-22(26(38-36)25(34)20(6)32-21(7)33)17(3)24(28(29,8)9)16(2)18(4)30(15,27)11;/h15-16,18-20,22-23,25-27,34-36H,12-14H2,1-11H3,(H,32,33);/t15?,16?,18?,19?,20?,22?,23?,25?,26-,27?,29?,30+,31?;/m1./s1. The predicted octanol–water partition coefficient (Wildman–Crippen LogP) is 4.81. The van der Waals surface area contributed by atoms with Gasteiger partial charge in [-0.05, 0) is 66.6 Å². The van der Waals surface area contributed by atoms with Gasteiger partial charge in [0.05, 0.1) is 18.8 Å². The summed E-state index contributed by atoms with van der Waals surface area (Å²) in [4.78, 5) is 16.8. The summed E-state index contributed by atoms with van der Waals surface area (Å²) in [5.41, 5.74) is 1.14. The zero-order valence-corrected chi connectivity index (χ0v) is 30.8. The van der Waals surface area contributed by atoms with Crippen molar-refractivity contribution in [3.05, 3.63) is 11.1 Å². The second-order valence-electron chi connectivity index (χ2n) is 14.6. The first-order valence-corrected chi connectivity index (χ1v) is 14.7. The first-order valence-electron chi connectivity index (χ1n) is 14.7. The van der Waals surface area contributed by atoms with E-state index in [-0.39, 0.29) is 96.0 Å². The van der Waals surface area contributed by atoms with E-state index < -0.39 is 23.9 Å². The van der Waals surface area contributed by atoms with Crippen LogP contribution in [0.15, 0.2) is 11.1 Å². The van der Waals surface area contributed by atoms with Gasteiger partial charge in [0.15, 0.2) is 0 Å². The Morgan fingerprint density at radius 3 is 2.21 bits per heavy atom. The Labute approximate surface area is 271 Å². The van der Waals surface area contributed by atoms with E-state index in [1.54, 1.807) is 6.92 Å². The molecule has 2 saturated carbocycles. The molecule has 4 N–H and O–H groups in total. The third-order valence-electron chi connectivity index (χ3n) is 13.1. The number of nitrogens with one attached hydrogen (secondary N) is 1. The molecular formula is C31H53AcNO6. The van der Waals surface area contributed by atoms with E-state index in [4.69, 9.17) is 9.62 Å². The van der Waals surface area contributed by atoms with E-state index in [1.807, 2.05) is 0 Å². The molecule has 39 heavy (non-hydrogen) atoms. The Morgan fingerprint density at radius 2 is 1.72 bits per heavy atom. The zero-order chi connectivity index (χ0) is 28.7. The van der Waals surface area contributed by atoms with Crippen molar-refractivity contribution >= 4 is 5.91 Å². The summed E-state index contributed by atoms with van der Waals surface area (Å²) in [5, 5.41) is 36.4. The molecule has 1 saturated heterocycles. The van der Waals surface area contributed by atoms with Crippen molar-refractivity contribution in [2.75, 3.05) is 6.61 Å². The number of hydrogen-bond acceptors (Lipinski definition) is 6. The van der Waals surface area contributed by atoms with Gasteiger partial charge in [-0.25, -0.2) is 4.89 Å². The second kappa shape index (κ2) is 11.2. The van der Waals surface area contributed by atoms with E-state index in [0.29, 0.717) is 24.9 Å². The molecule has 221 valence electrons. The smallest absolute Gasteiger partial charge is 0.217 e. The van der Waals surface area contributed by atoms with Crippen LogP contribution in [0, 0.1) is 95.8 Å². The number of fused-ring (bicyclic) bond motifs is 5. The van der Waals surface area contributed by atoms with Crippen LogP contribution in [-0.4, -0.2) is 57.9 Å². The van der Waals surface area contributed by atoms with Crippen LogP contribution >= 0.6 is 0 Å². The Bertz CT molecular complexity index is 986. The van der Waals surface area contributed by atoms with Crippen molar-refractivity contribution in [2.24, 2.45) is 51.8 Å². The van der Waals surface area contributed by atoms with Crippen LogP contribution in [0.3, 0.4) is 0 Å². The van der Waals surface area contributed by atoms with Crippen molar-refractivity contribution in [3.8, 4) is 0 Å². The number of aliphatic hydroxyl groups excluding tert-OH is 1. The van der Waals surface area contributed by atoms with E-state index in [1.165, 1.54) is 18.1 Å². The molecule has 1 aliphatic heterocycles. The molecule has 0 aromatic rings. The Balaban J connectivity index is 0.00000420. The molecule has 4 aliphatic rings. The molecule has 1 radical (unpaired) electrons. The van der Waals surface area contributed by atoms with Crippen molar-refractivity contribution in [2.45, 2.75) is 119 Å². The number of amides is 1. The van der Waals surface area contributed by atoms with Crippen LogP contribution in [0.2, 0.25) is 0 Å². The molecule has 1 amide bonds. The van der Waals surface area contributed by atoms with Gasteiger partial charge in [-0.2, -0.15) is 0 Å². The van der Waals surface area contributed by atoms with Crippen LogP contribution in [-0.2, 0) is 14.4 Å². The topological polar surface area (TPSA) is 108 Å². The molecule has 0 aromatic carbocycles. The number of allylic oxidation sites excluding steroid dienone is 1. The summed E-state index contributed by atoms with van der Waals surface area (Å²) in [6, 6.07) is -0.583. The third-order valence-corrected chi connectivity index (χ3v) is 13.1. The van der Waals surface area contributed by atoms with Crippen molar-refractivity contribution in [1.82, 2.24) is 5.32 Å². The monoisotopic (exact) mass is 762 g/mol. The minimum atomic E-state index is -1.09. The first-order chi connectivity index (χ1) is 17.4. The maximum Gasteiger partial charge on any atom is 0.217 e. The summed E-state index contributed by atoms with van der Waals surface area (Å²) in [7, 11) is 0. The van der Waals surface area contributed by atoms with Crippen LogP contribution in [0.5, 0.6) is 0 Å². The first kappa shape index (κ1) is 33.9. The largest absolute Gasteiger partial charge is 0.388 e. The molecular weight excluding hydrogens is 709 g/mol. The van der Waals surface area contributed by atoms with Gasteiger partial charge in [-0.1, -0.05) is 66.5 Å². The van der Waals surface area contributed by atoms with E-state index >= 15 is 0 Å². The van der Waals surface area contributed by atoms with Gasteiger partial charge in [0, 0.05) is 62.8 Å². The van der Waals surface area contributed by atoms with Crippen LogP contribution in [0.25, 0.3) is 0 Å². The molecule has 0 spiro atoms. The summed E-state index contributed by atoms with van der Waals surface area (Å²) in [5.74, 6) is 0.596. The summed E-state index contributed by atoms with van der Waals surface area (Å²) in [6.07, 6.45) is -0.542. The molecule has 13 atom stereocenters. The summed E-state index contributed by atoms with van der Waals surface area (Å²) in [6.45, 7) is 24.5. The van der Waals surface area contributed by atoms with Gasteiger partial charge in [-0.15, -0.1) is 0 Å². The van der Waals surface area contributed by atoms with Gasteiger partial charge >= 0.3 is 0 Å². The molecule has 11 unspecified atom stereocenters. The molecule has 8 heteroatoms. The van der Waals surface area contributed by atoms with E-state index in [9.17, 15) is 20.3 Å². The van der Waals surface area contributed by atoms with Crippen molar-refractivity contribution in [1.29, 1.82) is 0 Å². The third kappa shape index (κ3) is 4.68. The molecule has 3 fully saturated rings. The molecule has 2 bridgehead atoms. The minimum absolute atomic E-state index is 0. The van der Waals surface area contributed by atoms with E-state index in [2.05, 4.69) is 67.6 Å². The fourth-order valence-corrected chi connectivity index (χ4v) is 10.2. The zero-order valence-electron chi connectivity index (χ0n) is 26.0. The van der Waals surface area contributed by atoms with E-state index in [0.717, 1.165) is 6.42 Å². The van der Waals surface area contributed by atoms with Gasteiger partial charge < -0.3 is 20.3 Å². The van der Waals surface area contributed by atoms with Crippen LogP contribution in [0.4, 0.5) is 0 Å². The van der Waals surface area contributed by atoms with Gasteiger partial charge in [0.25, 0.3) is 0 Å². The number of rotatable bonds is 5. The molecule has 4 rings (SSSR count). The average Bonchev–Trinajstić information content (AvgIpc) is 2.82. The second-order valence-corrected chi connectivity index (χ2v) is 14.6. The normalized spacial score (nSPS) is 47.2. The van der Waals surface area contributed by atoms with Crippen LogP contribution in [0.1, 0.15) is 89.0 Å². The predicted molar refractivity (Wildman–Crippen MR) is 147 cm³/mol. The summed E-state index contributed by atoms with van der Waals surface area (Å²) < 4.78 is 5.98. The number of hydrogen-bond donors (Lipinski definition) is 4. The SMILES string of the molecule is CC(=O)NC(C)C(O)[C@H](OO)C1CC2(C)C(C)C3C4(O)COC4CC(C)[C@@]3(C)C(C)C(C)C(=C1C)C2(C)C.[Ac]. The van der Waals surface area contributed by atoms with Gasteiger partial charge in [0.2, 0.25) is 5.91 Å². The van der Waals surface area contributed by atoms with Gasteiger partial charge in [-0.3, -0.25) is 10.1 Å². The Hall–Kier alpha value is 0.452. The number of ether oxygens (including phenoxy) is 1. The fraction of sp³-hybridized carbons (Fsp3) is 0.903. The number of carbonyl (C=O) groups excluding carboxylic acids is 1. The molecule has 1 heterocycles. The van der Waals surface area contributed by atoms with Crippen molar-refractivity contribution < 1.29 is 74.0 Å². The van der Waals surface area contributed by atoms with Gasteiger partial charge in [0.1, 0.15) is 17.8 Å². The maximum atomic E-state index is 12.2. The fourth-order valence-electron chi connectivity index (χ4n) is 10.2. The molecule has 0 aromatic heterocycles. The maximum absolute atomic E-state index is 12.2. The average molecular weight is 763 g/mol. The van der Waals surface area contributed by atoms with Crippen LogP contribution < -0.4 is 5.32 Å². The Kier molecular flexibility index (Phi) is 9.73. The van der Waals surface area contributed by atoms with Crippen molar-refractivity contribution in [3.63, 3.8) is 0 Å². The molecule has 3 aliphatic carbocycles. The quantitative estimate of drug-likeness (QED) is 0.182. The minimum Gasteiger partial charge on any atom is -0.388 e.